The van der Waals surface area contributed by atoms with Gasteiger partial charge in [-0.15, -0.1) is 0 Å². The molecule has 6 heteroatoms. The van der Waals surface area contributed by atoms with E-state index in [1.165, 1.54) is 12.8 Å². The molecule has 0 bridgehead atoms. The fourth-order valence-electron chi connectivity index (χ4n) is 4.81. The summed E-state index contributed by atoms with van der Waals surface area (Å²) in [5.41, 5.74) is 1.34. The van der Waals surface area contributed by atoms with E-state index in [2.05, 4.69) is 49.0 Å². The van der Waals surface area contributed by atoms with E-state index in [4.69, 9.17) is 0 Å². The number of rotatable bonds is 4. The Hall–Kier alpha value is -2.24. The Labute approximate surface area is 181 Å². The first kappa shape index (κ1) is 22.4. The number of carbonyl (C=O) groups is 2. The molecule has 0 aromatic heterocycles. The number of hydrogen-bond acceptors (Lipinski definition) is 2. The Morgan fingerprint density at radius 2 is 1.17 bits per heavy atom. The zero-order valence-electron chi connectivity index (χ0n) is 18.8. The molecule has 166 valence electrons. The highest BCUT2D eigenvalue weighted by molar-refractivity contribution is 5.93. The zero-order chi connectivity index (χ0) is 21.7. The highest BCUT2D eigenvalue weighted by Gasteiger charge is 2.27. The van der Waals surface area contributed by atoms with E-state index < -0.39 is 0 Å². The third kappa shape index (κ3) is 6.38. The number of urea groups is 2. The predicted molar refractivity (Wildman–Crippen MR) is 123 cm³/mol. The summed E-state index contributed by atoms with van der Waals surface area (Å²) >= 11 is 0. The maximum absolute atomic E-state index is 12.5. The fourth-order valence-corrected chi connectivity index (χ4v) is 4.81. The standard InChI is InChI=1S/C24H38N4O2/c1-15-8-10-17(3)21(12-15)27-23(29)25-19-6-5-7-20(14-19)26-24(30)28-22-13-16(2)9-11-18(22)4/h5-7,14-18,21-22H,8-13H2,1-4H3,(H2,25,27,29)(H2,26,28,30). The van der Waals surface area contributed by atoms with Crippen LogP contribution in [0.2, 0.25) is 0 Å². The number of amides is 4. The molecule has 2 aliphatic rings. The van der Waals surface area contributed by atoms with Gasteiger partial charge in [-0.2, -0.15) is 0 Å². The van der Waals surface area contributed by atoms with Crippen LogP contribution >= 0.6 is 0 Å². The van der Waals surface area contributed by atoms with Crippen molar-refractivity contribution in [3.8, 4) is 0 Å². The Morgan fingerprint density at radius 3 is 1.60 bits per heavy atom. The van der Waals surface area contributed by atoms with Crippen LogP contribution in [0.25, 0.3) is 0 Å². The number of carbonyl (C=O) groups excluding carboxylic acids is 2. The quantitative estimate of drug-likeness (QED) is 0.519. The molecule has 6 unspecified atom stereocenters. The molecule has 4 N–H and O–H groups in total. The summed E-state index contributed by atoms with van der Waals surface area (Å²) < 4.78 is 0. The minimum absolute atomic E-state index is 0.187. The minimum Gasteiger partial charge on any atom is -0.335 e. The fraction of sp³-hybridized carbons (Fsp3) is 0.667. The normalized spacial score (nSPS) is 31.5. The molecule has 2 aliphatic carbocycles. The first-order valence-electron chi connectivity index (χ1n) is 11.5. The lowest BCUT2D eigenvalue weighted by Gasteiger charge is -2.33. The van der Waals surface area contributed by atoms with Crippen molar-refractivity contribution >= 4 is 23.4 Å². The molecule has 6 nitrogen and oxygen atoms in total. The van der Waals surface area contributed by atoms with Crippen molar-refractivity contribution in [2.24, 2.45) is 23.7 Å². The molecule has 0 radical (unpaired) electrons. The van der Waals surface area contributed by atoms with Gasteiger partial charge in [0.15, 0.2) is 0 Å². The third-order valence-corrected chi connectivity index (χ3v) is 6.93. The van der Waals surface area contributed by atoms with Gasteiger partial charge >= 0.3 is 12.1 Å². The second kappa shape index (κ2) is 10.2. The van der Waals surface area contributed by atoms with Gasteiger partial charge in [0, 0.05) is 23.5 Å². The van der Waals surface area contributed by atoms with Crippen LogP contribution in [0.4, 0.5) is 21.0 Å². The van der Waals surface area contributed by atoms with Crippen molar-refractivity contribution in [2.75, 3.05) is 10.6 Å². The molecule has 0 saturated heterocycles. The number of benzene rings is 1. The molecule has 2 fully saturated rings. The van der Waals surface area contributed by atoms with Crippen LogP contribution in [-0.2, 0) is 0 Å². The molecular formula is C24H38N4O2. The van der Waals surface area contributed by atoms with Gasteiger partial charge in [-0.25, -0.2) is 9.59 Å². The summed E-state index contributed by atoms with van der Waals surface area (Å²) in [6, 6.07) is 7.34. The number of nitrogens with one attached hydrogen (secondary N) is 4. The van der Waals surface area contributed by atoms with Gasteiger partial charge in [0.05, 0.1) is 0 Å². The Morgan fingerprint density at radius 1 is 0.733 bits per heavy atom. The Balaban J connectivity index is 1.51. The molecule has 1 aromatic rings. The molecule has 3 rings (SSSR count). The van der Waals surface area contributed by atoms with E-state index in [0.717, 1.165) is 25.7 Å². The van der Waals surface area contributed by atoms with E-state index in [1.54, 1.807) is 6.07 Å². The molecular weight excluding hydrogens is 376 g/mol. The van der Waals surface area contributed by atoms with Crippen LogP contribution < -0.4 is 21.3 Å². The number of hydrogen-bond donors (Lipinski definition) is 4. The number of anilines is 2. The van der Waals surface area contributed by atoms with Crippen molar-refractivity contribution in [1.29, 1.82) is 0 Å². The lowest BCUT2D eigenvalue weighted by molar-refractivity contribution is 0.214. The van der Waals surface area contributed by atoms with E-state index in [1.807, 2.05) is 18.2 Å². The second-order valence-electron chi connectivity index (χ2n) is 9.78. The Kier molecular flexibility index (Phi) is 7.62. The van der Waals surface area contributed by atoms with Gasteiger partial charge in [-0.3, -0.25) is 0 Å². The minimum atomic E-state index is -0.187. The maximum Gasteiger partial charge on any atom is 0.319 e. The van der Waals surface area contributed by atoms with Gasteiger partial charge in [0.25, 0.3) is 0 Å². The van der Waals surface area contributed by atoms with Crippen molar-refractivity contribution in [2.45, 2.75) is 78.3 Å². The molecule has 6 atom stereocenters. The van der Waals surface area contributed by atoms with E-state index in [9.17, 15) is 9.59 Å². The topological polar surface area (TPSA) is 82.3 Å². The average Bonchev–Trinajstić information content (AvgIpc) is 2.68. The highest BCUT2D eigenvalue weighted by atomic mass is 16.2. The summed E-state index contributed by atoms with van der Waals surface area (Å²) in [6.45, 7) is 8.89. The second-order valence-corrected chi connectivity index (χ2v) is 9.78. The molecule has 2 saturated carbocycles. The highest BCUT2D eigenvalue weighted by Crippen LogP contribution is 2.29. The van der Waals surface area contributed by atoms with Crippen molar-refractivity contribution in [3.05, 3.63) is 24.3 Å². The summed E-state index contributed by atoms with van der Waals surface area (Å²) in [4.78, 5) is 24.9. The molecule has 1 aromatic carbocycles. The molecule has 4 amide bonds. The van der Waals surface area contributed by atoms with Crippen LogP contribution in [0.15, 0.2) is 24.3 Å². The van der Waals surface area contributed by atoms with Crippen molar-refractivity contribution in [1.82, 2.24) is 10.6 Å². The first-order chi connectivity index (χ1) is 14.3. The SMILES string of the molecule is CC1CCC(C)C(NC(=O)Nc2cccc(NC(=O)NC3CC(C)CCC3C)c2)C1. The van der Waals surface area contributed by atoms with Gasteiger partial charge < -0.3 is 21.3 Å². The lowest BCUT2D eigenvalue weighted by atomic mass is 9.80. The van der Waals surface area contributed by atoms with E-state index in [0.29, 0.717) is 35.0 Å². The van der Waals surface area contributed by atoms with Crippen molar-refractivity contribution < 1.29 is 9.59 Å². The third-order valence-electron chi connectivity index (χ3n) is 6.93. The van der Waals surface area contributed by atoms with Crippen LogP contribution in [0.3, 0.4) is 0 Å². The lowest BCUT2D eigenvalue weighted by Crippen LogP contribution is -2.45. The summed E-state index contributed by atoms with van der Waals surface area (Å²) in [7, 11) is 0. The van der Waals surface area contributed by atoms with Gasteiger partial charge in [0.2, 0.25) is 0 Å². The smallest absolute Gasteiger partial charge is 0.319 e. The summed E-state index contributed by atoms with van der Waals surface area (Å²) in [5.74, 6) is 2.28. The predicted octanol–water partition coefficient (Wildman–Crippen LogP) is 5.58. The van der Waals surface area contributed by atoms with Crippen LogP contribution in [0.5, 0.6) is 0 Å². The first-order valence-corrected chi connectivity index (χ1v) is 11.5. The van der Waals surface area contributed by atoms with Crippen molar-refractivity contribution in [3.63, 3.8) is 0 Å². The molecule has 30 heavy (non-hydrogen) atoms. The zero-order valence-corrected chi connectivity index (χ0v) is 18.8. The van der Waals surface area contributed by atoms with Crippen LogP contribution in [0.1, 0.15) is 66.2 Å². The van der Waals surface area contributed by atoms with Gasteiger partial charge in [-0.05, 0) is 67.6 Å². The van der Waals surface area contributed by atoms with E-state index in [-0.39, 0.29) is 24.1 Å². The molecule has 0 spiro atoms. The average molecular weight is 415 g/mol. The van der Waals surface area contributed by atoms with Gasteiger partial charge in [0.1, 0.15) is 0 Å². The summed E-state index contributed by atoms with van der Waals surface area (Å²) in [5, 5.41) is 12.1. The monoisotopic (exact) mass is 414 g/mol. The maximum atomic E-state index is 12.5. The Bertz CT molecular complexity index is 680. The van der Waals surface area contributed by atoms with E-state index >= 15 is 0 Å². The van der Waals surface area contributed by atoms with Gasteiger partial charge in [-0.1, -0.05) is 46.6 Å². The molecule has 0 heterocycles. The molecule has 0 aliphatic heterocycles. The summed E-state index contributed by atoms with van der Waals surface area (Å²) in [6.07, 6.45) is 6.81. The van der Waals surface area contributed by atoms with Crippen LogP contribution in [-0.4, -0.2) is 24.1 Å². The van der Waals surface area contributed by atoms with Crippen LogP contribution in [0, 0.1) is 23.7 Å². The largest absolute Gasteiger partial charge is 0.335 e.